The van der Waals surface area contributed by atoms with Crippen LogP contribution in [-0.4, -0.2) is 11.1 Å². The maximum Gasteiger partial charge on any atom is 0.257 e. The molecule has 0 saturated heterocycles. The Kier molecular flexibility index (Phi) is 3.93. The predicted molar refractivity (Wildman–Crippen MR) is 77.6 cm³/mol. The highest BCUT2D eigenvalue weighted by molar-refractivity contribution is 5.96. The fourth-order valence-electron chi connectivity index (χ4n) is 2.02. The van der Waals surface area contributed by atoms with Crippen molar-refractivity contribution >= 4 is 5.91 Å². The molecule has 0 saturated carbocycles. The Bertz CT molecular complexity index is 595. The van der Waals surface area contributed by atoms with Gasteiger partial charge in [-0.05, 0) is 12.5 Å². The Labute approximate surface area is 119 Å². The molecule has 2 aromatic rings. The summed E-state index contributed by atoms with van der Waals surface area (Å²) in [6.07, 6.45) is 0. The van der Waals surface area contributed by atoms with Crippen molar-refractivity contribution in [3.63, 3.8) is 0 Å². The summed E-state index contributed by atoms with van der Waals surface area (Å²) >= 11 is 0. The number of benzene rings is 1. The van der Waals surface area contributed by atoms with Crippen molar-refractivity contribution in [2.75, 3.05) is 0 Å². The van der Waals surface area contributed by atoms with Gasteiger partial charge in [-0.15, -0.1) is 0 Å². The van der Waals surface area contributed by atoms with E-state index < -0.39 is 0 Å². The van der Waals surface area contributed by atoms with Crippen LogP contribution in [0.4, 0.5) is 0 Å². The highest BCUT2D eigenvalue weighted by Crippen LogP contribution is 2.26. The van der Waals surface area contributed by atoms with Gasteiger partial charge in [-0.3, -0.25) is 4.79 Å². The lowest BCUT2D eigenvalue weighted by Crippen LogP contribution is -2.27. The molecule has 0 spiro atoms. The number of rotatable bonds is 3. The van der Waals surface area contributed by atoms with Gasteiger partial charge >= 0.3 is 0 Å². The Hall–Kier alpha value is -2.10. The molecule has 0 unspecified atom stereocenters. The second-order valence-electron chi connectivity index (χ2n) is 5.88. The number of hydrogen-bond donors (Lipinski definition) is 1. The minimum absolute atomic E-state index is 0.141. The van der Waals surface area contributed by atoms with Crippen molar-refractivity contribution in [1.82, 2.24) is 10.5 Å². The summed E-state index contributed by atoms with van der Waals surface area (Å²) in [4.78, 5) is 12.4. The van der Waals surface area contributed by atoms with E-state index >= 15 is 0 Å². The Balaban J connectivity index is 2.16. The molecule has 1 N–H and O–H groups in total. The molecule has 0 aliphatic rings. The largest absolute Gasteiger partial charge is 0.361 e. The lowest BCUT2D eigenvalue weighted by Gasteiger charge is -2.16. The Morgan fingerprint density at radius 2 is 1.90 bits per heavy atom. The summed E-state index contributed by atoms with van der Waals surface area (Å²) in [7, 11) is 0. The number of nitrogens with zero attached hydrogens (tertiary/aromatic N) is 1. The van der Waals surface area contributed by atoms with Crippen LogP contribution in [0.3, 0.4) is 0 Å². The number of aryl methyl sites for hydroxylation is 1. The number of aromatic nitrogens is 1. The molecule has 0 aliphatic carbocycles. The van der Waals surface area contributed by atoms with Gasteiger partial charge in [-0.25, -0.2) is 0 Å². The molecular weight excluding hydrogens is 252 g/mol. The molecule has 106 valence electrons. The van der Waals surface area contributed by atoms with Crippen LogP contribution < -0.4 is 5.32 Å². The molecule has 20 heavy (non-hydrogen) atoms. The number of nitrogens with one attached hydrogen (secondary N) is 1. The maximum absolute atomic E-state index is 12.4. The smallest absolute Gasteiger partial charge is 0.257 e. The average Bonchev–Trinajstić information content (AvgIpc) is 2.79. The topological polar surface area (TPSA) is 55.1 Å². The van der Waals surface area contributed by atoms with E-state index in [1.54, 1.807) is 6.92 Å². The number of carbonyl (C=O) groups excluding carboxylic acids is 1. The number of amides is 1. The zero-order chi connectivity index (χ0) is 14.8. The first-order chi connectivity index (χ1) is 9.39. The van der Waals surface area contributed by atoms with E-state index in [4.69, 9.17) is 4.52 Å². The van der Waals surface area contributed by atoms with E-state index in [9.17, 15) is 4.79 Å². The van der Waals surface area contributed by atoms with Crippen LogP contribution in [0.15, 0.2) is 34.9 Å². The molecule has 0 atom stereocenters. The summed E-state index contributed by atoms with van der Waals surface area (Å²) in [6.45, 7) is 8.29. The SMILES string of the molecule is Cc1onc(C(C)(C)C)c1C(=O)NCc1ccccc1. The molecule has 0 radical (unpaired) electrons. The van der Waals surface area contributed by atoms with E-state index in [0.717, 1.165) is 5.56 Å². The monoisotopic (exact) mass is 272 g/mol. The lowest BCUT2D eigenvalue weighted by molar-refractivity contribution is 0.0947. The molecule has 4 heteroatoms. The average molecular weight is 272 g/mol. The van der Waals surface area contributed by atoms with Gasteiger partial charge in [0.1, 0.15) is 17.0 Å². The van der Waals surface area contributed by atoms with Gasteiger partial charge in [0.2, 0.25) is 0 Å². The predicted octanol–water partition coefficient (Wildman–Crippen LogP) is 3.21. The molecule has 0 aliphatic heterocycles. The fraction of sp³-hybridized carbons (Fsp3) is 0.375. The molecule has 4 nitrogen and oxygen atoms in total. The minimum Gasteiger partial charge on any atom is -0.361 e. The first-order valence-corrected chi connectivity index (χ1v) is 6.68. The molecular formula is C16H20N2O2. The molecule has 2 rings (SSSR count). The van der Waals surface area contributed by atoms with Crippen molar-refractivity contribution in [1.29, 1.82) is 0 Å². The number of hydrogen-bond acceptors (Lipinski definition) is 3. The van der Waals surface area contributed by atoms with Gasteiger partial charge < -0.3 is 9.84 Å². The first kappa shape index (κ1) is 14.3. The third kappa shape index (κ3) is 3.07. The first-order valence-electron chi connectivity index (χ1n) is 6.68. The van der Waals surface area contributed by atoms with Crippen LogP contribution >= 0.6 is 0 Å². The summed E-state index contributed by atoms with van der Waals surface area (Å²) in [5.41, 5.74) is 2.08. The van der Waals surface area contributed by atoms with Gasteiger partial charge in [-0.1, -0.05) is 56.3 Å². The van der Waals surface area contributed by atoms with Crippen LogP contribution in [0.1, 0.15) is 48.1 Å². The molecule has 1 heterocycles. The zero-order valence-electron chi connectivity index (χ0n) is 12.4. The van der Waals surface area contributed by atoms with Crippen molar-refractivity contribution in [3.05, 3.63) is 52.9 Å². The van der Waals surface area contributed by atoms with Crippen LogP contribution in [-0.2, 0) is 12.0 Å². The van der Waals surface area contributed by atoms with Gasteiger partial charge in [-0.2, -0.15) is 0 Å². The highest BCUT2D eigenvalue weighted by atomic mass is 16.5. The maximum atomic E-state index is 12.4. The third-order valence-electron chi connectivity index (χ3n) is 3.10. The lowest BCUT2D eigenvalue weighted by atomic mass is 9.88. The van der Waals surface area contributed by atoms with E-state index in [1.165, 1.54) is 0 Å². The standard InChI is InChI=1S/C16H20N2O2/c1-11-13(14(18-20-11)16(2,3)4)15(19)17-10-12-8-6-5-7-9-12/h5-9H,10H2,1-4H3,(H,17,19). The van der Waals surface area contributed by atoms with Crippen molar-refractivity contribution in [3.8, 4) is 0 Å². The minimum atomic E-state index is -0.225. The Morgan fingerprint density at radius 1 is 1.25 bits per heavy atom. The van der Waals surface area contributed by atoms with Crippen molar-refractivity contribution < 1.29 is 9.32 Å². The normalized spacial score (nSPS) is 11.4. The van der Waals surface area contributed by atoms with Crippen molar-refractivity contribution in [2.24, 2.45) is 0 Å². The van der Waals surface area contributed by atoms with Gasteiger partial charge in [0, 0.05) is 12.0 Å². The quantitative estimate of drug-likeness (QED) is 0.933. The summed E-state index contributed by atoms with van der Waals surface area (Å²) < 4.78 is 5.18. The summed E-state index contributed by atoms with van der Waals surface area (Å²) in [5, 5.41) is 6.94. The Morgan fingerprint density at radius 3 is 2.50 bits per heavy atom. The second-order valence-corrected chi connectivity index (χ2v) is 5.88. The second kappa shape index (κ2) is 5.49. The number of carbonyl (C=O) groups is 1. The van der Waals surface area contributed by atoms with E-state index in [-0.39, 0.29) is 11.3 Å². The summed E-state index contributed by atoms with van der Waals surface area (Å²) in [5.74, 6) is 0.415. The molecule has 1 amide bonds. The van der Waals surface area contributed by atoms with Crippen molar-refractivity contribution in [2.45, 2.75) is 39.7 Å². The molecule has 1 aromatic carbocycles. The van der Waals surface area contributed by atoms with Crippen LogP contribution in [0.2, 0.25) is 0 Å². The van der Waals surface area contributed by atoms with E-state index in [1.807, 2.05) is 51.1 Å². The molecule has 0 bridgehead atoms. The van der Waals surface area contributed by atoms with E-state index in [2.05, 4.69) is 10.5 Å². The van der Waals surface area contributed by atoms with Gasteiger partial charge in [0.25, 0.3) is 5.91 Å². The van der Waals surface area contributed by atoms with Crippen LogP contribution in [0, 0.1) is 6.92 Å². The van der Waals surface area contributed by atoms with Gasteiger partial charge in [0.15, 0.2) is 0 Å². The molecule has 1 aromatic heterocycles. The zero-order valence-corrected chi connectivity index (χ0v) is 12.4. The fourth-order valence-corrected chi connectivity index (χ4v) is 2.02. The molecule has 0 fully saturated rings. The summed E-state index contributed by atoms with van der Waals surface area (Å²) in [6, 6.07) is 9.81. The van der Waals surface area contributed by atoms with E-state index in [0.29, 0.717) is 23.6 Å². The van der Waals surface area contributed by atoms with Gasteiger partial charge in [0.05, 0.1) is 0 Å². The van der Waals surface area contributed by atoms with Crippen LogP contribution in [0.5, 0.6) is 0 Å². The third-order valence-corrected chi connectivity index (χ3v) is 3.10. The van der Waals surface area contributed by atoms with Crippen LogP contribution in [0.25, 0.3) is 0 Å². The highest BCUT2D eigenvalue weighted by Gasteiger charge is 2.28.